The summed E-state index contributed by atoms with van der Waals surface area (Å²) in [5.41, 5.74) is 0.760. The van der Waals surface area contributed by atoms with E-state index in [4.69, 9.17) is 11.6 Å². The lowest BCUT2D eigenvalue weighted by molar-refractivity contribution is -0.142. The SMILES string of the molecule is CC[C@@H](C(=O)NC1CCCC1)N(Cc1cccs1)C(=O)Cn1nnc(-c2ccc(Cl)cc2)n1. The van der Waals surface area contributed by atoms with Gasteiger partial charge in [-0.2, -0.15) is 4.80 Å². The van der Waals surface area contributed by atoms with Gasteiger partial charge in [-0.3, -0.25) is 9.59 Å². The summed E-state index contributed by atoms with van der Waals surface area (Å²) in [6, 6.07) is 10.7. The van der Waals surface area contributed by atoms with Gasteiger partial charge in [-0.15, -0.1) is 21.5 Å². The van der Waals surface area contributed by atoms with Crippen LogP contribution in [0, 0.1) is 0 Å². The maximum atomic E-state index is 13.4. The number of hydrogen-bond donors (Lipinski definition) is 1. The summed E-state index contributed by atoms with van der Waals surface area (Å²) >= 11 is 7.51. The lowest BCUT2D eigenvalue weighted by atomic mass is 10.1. The van der Waals surface area contributed by atoms with E-state index in [2.05, 4.69) is 20.7 Å². The van der Waals surface area contributed by atoms with Crippen molar-refractivity contribution in [3.05, 3.63) is 51.7 Å². The van der Waals surface area contributed by atoms with Crippen LogP contribution in [0.2, 0.25) is 5.02 Å². The fourth-order valence-corrected chi connectivity index (χ4v) is 4.92. The second-order valence-corrected chi connectivity index (χ2v) is 9.63. The van der Waals surface area contributed by atoms with Crippen LogP contribution in [0.1, 0.15) is 43.9 Å². The number of thiophene rings is 1. The summed E-state index contributed by atoms with van der Waals surface area (Å²) in [5, 5.41) is 18.2. The summed E-state index contributed by atoms with van der Waals surface area (Å²) < 4.78 is 0. The van der Waals surface area contributed by atoms with E-state index < -0.39 is 6.04 Å². The molecule has 0 bridgehead atoms. The van der Waals surface area contributed by atoms with Crippen LogP contribution < -0.4 is 5.32 Å². The number of nitrogens with one attached hydrogen (secondary N) is 1. The molecular formula is C23H27ClN6O2S. The number of halogens is 1. The standard InChI is InChI=1S/C23H27ClN6O2S/c1-2-20(23(32)25-18-6-3-4-7-18)29(14-19-8-5-13-33-19)21(31)15-30-27-22(26-28-30)16-9-11-17(24)12-10-16/h5,8-13,18,20H,2-4,6-7,14-15H2,1H3,(H,25,32)/t20-/m0/s1. The summed E-state index contributed by atoms with van der Waals surface area (Å²) in [6.45, 7) is 2.20. The Morgan fingerprint density at radius 2 is 2.00 bits per heavy atom. The van der Waals surface area contributed by atoms with Crippen molar-refractivity contribution in [3.63, 3.8) is 0 Å². The Hall–Kier alpha value is -2.78. The molecule has 2 aromatic heterocycles. The Morgan fingerprint density at radius 1 is 1.24 bits per heavy atom. The molecule has 1 saturated carbocycles. The van der Waals surface area contributed by atoms with Gasteiger partial charge in [0.05, 0.1) is 6.54 Å². The molecule has 1 fully saturated rings. The lowest BCUT2D eigenvalue weighted by Crippen LogP contribution is -2.51. The van der Waals surface area contributed by atoms with Crippen molar-refractivity contribution >= 4 is 34.8 Å². The quantitative estimate of drug-likeness (QED) is 0.494. The topological polar surface area (TPSA) is 93.0 Å². The molecule has 1 aliphatic carbocycles. The number of amides is 2. The van der Waals surface area contributed by atoms with Crippen molar-refractivity contribution in [1.82, 2.24) is 30.4 Å². The zero-order valence-electron chi connectivity index (χ0n) is 18.5. The molecule has 3 aromatic rings. The Morgan fingerprint density at radius 3 is 2.67 bits per heavy atom. The highest BCUT2D eigenvalue weighted by molar-refractivity contribution is 7.09. The van der Waals surface area contributed by atoms with Crippen LogP contribution in [0.5, 0.6) is 0 Å². The minimum atomic E-state index is -0.556. The third-order valence-electron chi connectivity index (χ3n) is 5.83. The molecule has 174 valence electrons. The average Bonchev–Trinajstić information content (AvgIpc) is 3.57. The lowest BCUT2D eigenvalue weighted by Gasteiger charge is -2.30. The van der Waals surface area contributed by atoms with E-state index in [9.17, 15) is 9.59 Å². The van der Waals surface area contributed by atoms with E-state index in [1.165, 1.54) is 4.80 Å². The number of benzene rings is 1. The van der Waals surface area contributed by atoms with E-state index in [0.717, 1.165) is 36.1 Å². The van der Waals surface area contributed by atoms with E-state index in [0.29, 0.717) is 23.8 Å². The zero-order chi connectivity index (χ0) is 23.2. The Bertz CT molecular complexity index is 1060. The van der Waals surface area contributed by atoms with Crippen LogP contribution in [0.3, 0.4) is 0 Å². The smallest absolute Gasteiger partial charge is 0.247 e. The summed E-state index contributed by atoms with van der Waals surface area (Å²) in [7, 11) is 0. The van der Waals surface area contributed by atoms with Crippen molar-refractivity contribution in [2.45, 2.75) is 64.2 Å². The second-order valence-electron chi connectivity index (χ2n) is 8.17. The van der Waals surface area contributed by atoms with Gasteiger partial charge in [0.25, 0.3) is 0 Å². The van der Waals surface area contributed by atoms with Gasteiger partial charge in [-0.25, -0.2) is 0 Å². The van der Waals surface area contributed by atoms with E-state index in [-0.39, 0.29) is 24.4 Å². The molecule has 1 atom stereocenters. The highest BCUT2D eigenvalue weighted by Crippen LogP contribution is 2.21. The molecule has 0 spiro atoms. The Labute approximate surface area is 201 Å². The van der Waals surface area contributed by atoms with Crippen molar-refractivity contribution in [2.24, 2.45) is 0 Å². The largest absolute Gasteiger partial charge is 0.352 e. The van der Waals surface area contributed by atoms with Gasteiger partial charge in [0, 0.05) is 21.5 Å². The molecule has 0 unspecified atom stereocenters. The predicted octanol–water partition coefficient (Wildman–Crippen LogP) is 3.92. The molecule has 0 aliphatic heterocycles. The van der Waals surface area contributed by atoms with Gasteiger partial charge in [-0.05, 0) is 60.2 Å². The Balaban J connectivity index is 1.50. The first-order valence-corrected chi connectivity index (χ1v) is 12.4. The molecule has 1 N–H and O–H groups in total. The number of carbonyl (C=O) groups excluding carboxylic acids is 2. The molecule has 0 saturated heterocycles. The van der Waals surface area contributed by atoms with Gasteiger partial charge in [0.15, 0.2) is 0 Å². The Kier molecular flexibility index (Phi) is 7.72. The van der Waals surface area contributed by atoms with E-state index in [1.54, 1.807) is 40.5 Å². The number of aromatic nitrogens is 4. The summed E-state index contributed by atoms with van der Waals surface area (Å²) in [6.07, 6.45) is 4.78. The minimum Gasteiger partial charge on any atom is -0.352 e. The maximum Gasteiger partial charge on any atom is 0.247 e. The van der Waals surface area contributed by atoms with Crippen LogP contribution in [-0.2, 0) is 22.7 Å². The maximum absolute atomic E-state index is 13.4. The first-order chi connectivity index (χ1) is 16.0. The summed E-state index contributed by atoms with van der Waals surface area (Å²) in [4.78, 5) is 30.4. The monoisotopic (exact) mass is 486 g/mol. The average molecular weight is 487 g/mol. The number of rotatable bonds is 9. The van der Waals surface area contributed by atoms with E-state index >= 15 is 0 Å². The third-order valence-corrected chi connectivity index (χ3v) is 6.94. The van der Waals surface area contributed by atoms with Crippen molar-refractivity contribution in [3.8, 4) is 11.4 Å². The highest BCUT2D eigenvalue weighted by atomic mass is 35.5. The fourth-order valence-electron chi connectivity index (χ4n) is 4.09. The van der Waals surface area contributed by atoms with Gasteiger partial charge in [-0.1, -0.05) is 37.4 Å². The number of hydrogen-bond acceptors (Lipinski definition) is 6. The normalized spacial score (nSPS) is 14.8. The zero-order valence-corrected chi connectivity index (χ0v) is 20.1. The van der Waals surface area contributed by atoms with Gasteiger partial charge < -0.3 is 10.2 Å². The molecule has 1 aromatic carbocycles. The molecule has 10 heteroatoms. The van der Waals surface area contributed by atoms with Gasteiger partial charge >= 0.3 is 0 Å². The molecular weight excluding hydrogens is 460 g/mol. The molecule has 2 amide bonds. The van der Waals surface area contributed by atoms with Gasteiger partial charge in [0.1, 0.15) is 12.6 Å². The predicted molar refractivity (Wildman–Crippen MR) is 128 cm³/mol. The van der Waals surface area contributed by atoms with Crippen molar-refractivity contribution < 1.29 is 9.59 Å². The molecule has 1 aliphatic rings. The van der Waals surface area contributed by atoms with Crippen molar-refractivity contribution in [2.75, 3.05) is 0 Å². The number of tetrazole rings is 1. The minimum absolute atomic E-state index is 0.0947. The van der Waals surface area contributed by atoms with Crippen LogP contribution in [0.25, 0.3) is 11.4 Å². The summed E-state index contributed by atoms with van der Waals surface area (Å²) in [5.74, 6) is 0.0925. The third kappa shape index (κ3) is 5.97. The number of carbonyl (C=O) groups is 2. The van der Waals surface area contributed by atoms with Crippen LogP contribution in [0.4, 0.5) is 0 Å². The molecule has 4 rings (SSSR count). The molecule has 8 nitrogen and oxygen atoms in total. The van der Waals surface area contributed by atoms with Crippen molar-refractivity contribution in [1.29, 1.82) is 0 Å². The van der Waals surface area contributed by atoms with Crippen LogP contribution in [-0.4, -0.2) is 49.0 Å². The number of nitrogens with zero attached hydrogens (tertiary/aromatic N) is 5. The highest BCUT2D eigenvalue weighted by Gasteiger charge is 2.31. The van der Waals surface area contributed by atoms with Crippen LogP contribution >= 0.6 is 22.9 Å². The molecule has 0 radical (unpaired) electrons. The molecule has 33 heavy (non-hydrogen) atoms. The van der Waals surface area contributed by atoms with E-state index in [1.807, 2.05) is 24.4 Å². The van der Waals surface area contributed by atoms with Gasteiger partial charge in [0.2, 0.25) is 17.6 Å². The first-order valence-electron chi connectivity index (χ1n) is 11.2. The first kappa shape index (κ1) is 23.4. The van der Waals surface area contributed by atoms with Crippen LogP contribution in [0.15, 0.2) is 41.8 Å². The fraction of sp³-hybridized carbons (Fsp3) is 0.435. The molecule has 2 heterocycles. The second kappa shape index (κ2) is 10.9.